The van der Waals surface area contributed by atoms with Crippen LogP contribution in [0.1, 0.15) is 11.4 Å². The zero-order valence-electron chi connectivity index (χ0n) is 7.12. The molecule has 2 atom stereocenters. The highest BCUT2D eigenvalue weighted by Crippen LogP contribution is 2.53. The van der Waals surface area contributed by atoms with Gasteiger partial charge < -0.3 is 14.5 Å². The van der Waals surface area contributed by atoms with E-state index in [0.717, 1.165) is 7.11 Å². The first kappa shape index (κ1) is 10.4. The van der Waals surface area contributed by atoms with Crippen LogP contribution in [-0.2, 0) is 9.09 Å². The number of hydrogen-bond acceptors (Lipinski definition) is 3. The first-order chi connectivity index (χ1) is 6.08. The molecule has 1 aromatic rings. The van der Waals surface area contributed by atoms with E-state index in [1.807, 2.05) is 0 Å². The van der Waals surface area contributed by atoms with Gasteiger partial charge in [0.15, 0.2) is 5.85 Å². The molecule has 0 heterocycles. The minimum atomic E-state index is -3.93. The predicted molar refractivity (Wildman–Crippen MR) is 48.2 cm³/mol. The maximum Gasteiger partial charge on any atom is 0.360 e. The van der Waals surface area contributed by atoms with Crippen LogP contribution < -0.4 is 0 Å². The second kappa shape index (κ2) is 4.03. The zero-order valence-corrected chi connectivity index (χ0v) is 8.02. The lowest BCUT2D eigenvalue weighted by Gasteiger charge is -2.15. The molecule has 0 saturated carbocycles. The Morgan fingerprint density at radius 2 is 1.92 bits per heavy atom. The molecule has 0 aliphatic carbocycles. The molecule has 2 N–H and O–H groups in total. The van der Waals surface area contributed by atoms with Crippen LogP contribution in [0.4, 0.5) is 0 Å². The number of rotatable bonds is 3. The monoisotopic (exact) mass is 202 g/mol. The molecule has 0 spiro atoms. The van der Waals surface area contributed by atoms with Crippen molar-refractivity contribution >= 4 is 7.60 Å². The first-order valence-corrected chi connectivity index (χ1v) is 5.34. The van der Waals surface area contributed by atoms with Crippen LogP contribution in [0.15, 0.2) is 30.3 Å². The lowest BCUT2D eigenvalue weighted by atomic mass is 10.2. The van der Waals surface area contributed by atoms with E-state index >= 15 is 0 Å². The Bertz CT molecular complexity index is 311. The third-order valence-corrected chi connectivity index (χ3v) is 3.11. The van der Waals surface area contributed by atoms with Gasteiger partial charge in [-0.05, 0) is 5.56 Å². The summed E-state index contributed by atoms with van der Waals surface area (Å²) in [5, 5.41) is 9.41. The maximum atomic E-state index is 11.2. The Kier molecular flexibility index (Phi) is 3.22. The largest absolute Gasteiger partial charge is 0.376 e. The molecule has 4 nitrogen and oxygen atoms in total. The van der Waals surface area contributed by atoms with Crippen molar-refractivity contribution in [3.63, 3.8) is 0 Å². The molecule has 72 valence electrons. The van der Waals surface area contributed by atoms with Gasteiger partial charge in [0.2, 0.25) is 0 Å². The Labute approximate surface area is 76.3 Å². The Balaban J connectivity index is 2.92. The molecule has 0 aliphatic heterocycles. The van der Waals surface area contributed by atoms with E-state index in [1.165, 1.54) is 0 Å². The molecule has 13 heavy (non-hydrogen) atoms. The summed E-state index contributed by atoms with van der Waals surface area (Å²) < 4.78 is 15.5. The summed E-state index contributed by atoms with van der Waals surface area (Å²) in [5.41, 5.74) is 0.371. The van der Waals surface area contributed by atoms with Gasteiger partial charge in [-0.25, -0.2) is 0 Å². The highest BCUT2D eigenvalue weighted by Gasteiger charge is 2.30. The van der Waals surface area contributed by atoms with Gasteiger partial charge in [-0.1, -0.05) is 30.3 Å². The molecule has 1 rings (SSSR count). The minimum absolute atomic E-state index is 0.371. The summed E-state index contributed by atoms with van der Waals surface area (Å²) in [6.45, 7) is 0. The summed E-state index contributed by atoms with van der Waals surface area (Å²) >= 11 is 0. The fourth-order valence-corrected chi connectivity index (χ4v) is 1.66. The van der Waals surface area contributed by atoms with E-state index in [0.29, 0.717) is 5.56 Å². The van der Waals surface area contributed by atoms with Crippen molar-refractivity contribution in [2.45, 2.75) is 5.85 Å². The Morgan fingerprint density at radius 3 is 2.38 bits per heavy atom. The van der Waals surface area contributed by atoms with Crippen LogP contribution in [0, 0.1) is 0 Å². The first-order valence-electron chi connectivity index (χ1n) is 3.69. The van der Waals surface area contributed by atoms with Crippen molar-refractivity contribution in [1.82, 2.24) is 0 Å². The molecule has 0 bridgehead atoms. The fraction of sp³-hybridized carbons (Fsp3) is 0.250. The van der Waals surface area contributed by atoms with E-state index in [9.17, 15) is 9.67 Å². The van der Waals surface area contributed by atoms with Gasteiger partial charge in [-0.15, -0.1) is 0 Å². The molecule has 0 amide bonds. The van der Waals surface area contributed by atoms with Gasteiger partial charge in [-0.2, -0.15) is 0 Å². The van der Waals surface area contributed by atoms with Crippen LogP contribution in [0.25, 0.3) is 0 Å². The summed E-state index contributed by atoms with van der Waals surface area (Å²) in [6, 6.07) is 8.23. The average molecular weight is 202 g/mol. The van der Waals surface area contributed by atoms with E-state index in [-0.39, 0.29) is 0 Å². The SMILES string of the molecule is COP(=O)(O)C(O)c1ccccc1. The summed E-state index contributed by atoms with van der Waals surface area (Å²) in [4.78, 5) is 9.13. The van der Waals surface area contributed by atoms with Crippen LogP contribution in [0.3, 0.4) is 0 Å². The highest BCUT2D eigenvalue weighted by molar-refractivity contribution is 7.52. The number of aliphatic hydroxyl groups is 1. The van der Waals surface area contributed by atoms with Gasteiger partial charge in [0, 0.05) is 7.11 Å². The van der Waals surface area contributed by atoms with Crippen LogP contribution >= 0.6 is 7.60 Å². The quantitative estimate of drug-likeness (QED) is 0.729. The number of benzene rings is 1. The van der Waals surface area contributed by atoms with Gasteiger partial charge >= 0.3 is 7.60 Å². The predicted octanol–water partition coefficient (Wildman–Crippen LogP) is 1.51. The van der Waals surface area contributed by atoms with Crippen molar-refractivity contribution in [1.29, 1.82) is 0 Å². The van der Waals surface area contributed by atoms with Crippen molar-refractivity contribution in [2.24, 2.45) is 0 Å². The molecule has 0 radical (unpaired) electrons. The normalized spacial score (nSPS) is 17.8. The molecule has 0 aromatic heterocycles. The third kappa shape index (κ3) is 2.39. The van der Waals surface area contributed by atoms with Gasteiger partial charge in [0.1, 0.15) is 0 Å². The van der Waals surface area contributed by atoms with Crippen molar-refractivity contribution in [3.05, 3.63) is 35.9 Å². The zero-order chi connectivity index (χ0) is 9.90. The van der Waals surface area contributed by atoms with Crippen molar-refractivity contribution in [2.75, 3.05) is 7.11 Å². The summed E-state index contributed by atoms with van der Waals surface area (Å²) in [5.74, 6) is -1.47. The molecule has 0 aliphatic rings. The molecular weight excluding hydrogens is 191 g/mol. The van der Waals surface area contributed by atoms with E-state index in [1.54, 1.807) is 30.3 Å². The topological polar surface area (TPSA) is 66.8 Å². The molecule has 1 aromatic carbocycles. The molecule has 0 fully saturated rings. The minimum Gasteiger partial charge on any atom is -0.376 e. The van der Waals surface area contributed by atoms with E-state index in [2.05, 4.69) is 4.52 Å². The average Bonchev–Trinajstić information content (AvgIpc) is 2.18. The lowest BCUT2D eigenvalue weighted by molar-refractivity contribution is 0.191. The second-order valence-electron chi connectivity index (χ2n) is 2.53. The van der Waals surface area contributed by atoms with Gasteiger partial charge in [0.25, 0.3) is 0 Å². The van der Waals surface area contributed by atoms with Crippen LogP contribution in [0.5, 0.6) is 0 Å². The molecule has 0 saturated heterocycles. The van der Waals surface area contributed by atoms with E-state index in [4.69, 9.17) is 4.89 Å². The number of hydrogen-bond donors (Lipinski definition) is 2. The second-order valence-corrected chi connectivity index (χ2v) is 4.51. The Morgan fingerprint density at radius 1 is 1.38 bits per heavy atom. The fourth-order valence-electron chi connectivity index (χ4n) is 0.913. The van der Waals surface area contributed by atoms with Gasteiger partial charge in [-0.3, -0.25) is 4.57 Å². The number of aliphatic hydroxyl groups excluding tert-OH is 1. The summed E-state index contributed by atoms with van der Waals surface area (Å²) in [6.07, 6.45) is 0. The molecular formula is C8H11O4P. The van der Waals surface area contributed by atoms with Gasteiger partial charge in [0.05, 0.1) is 0 Å². The highest BCUT2D eigenvalue weighted by atomic mass is 31.2. The van der Waals surface area contributed by atoms with Crippen molar-refractivity contribution < 1.29 is 19.1 Å². The summed E-state index contributed by atoms with van der Waals surface area (Å²) in [7, 11) is -2.84. The standard InChI is InChI=1S/C8H11O4P/c1-12-13(10,11)8(9)7-5-3-2-4-6-7/h2-6,8-9H,1H3,(H,10,11). The Hall–Kier alpha value is -0.670. The van der Waals surface area contributed by atoms with E-state index < -0.39 is 13.4 Å². The molecule has 5 heteroatoms. The van der Waals surface area contributed by atoms with Crippen molar-refractivity contribution in [3.8, 4) is 0 Å². The third-order valence-electron chi connectivity index (χ3n) is 1.67. The van der Waals surface area contributed by atoms with Crippen LogP contribution in [0.2, 0.25) is 0 Å². The lowest BCUT2D eigenvalue weighted by Crippen LogP contribution is -1.99. The molecule has 2 unspecified atom stereocenters. The smallest absolute Gasteiger partial charge is 0.360 e. The van der Waals surface area contributed by atoms with Crippen LogP contribution in [-0.4, -0.2) is 17.1 Å². The maximum absolute atomic E-state index is 11.2.